The second kappa shape index (κ2) is 6.79. The number of non-ortho nitro benzene ring substituents is 1. The lowest BCUT2D eigenvalue weighted by atomic mass is 10.2. The average Bonchev–Trinajstić information content (AvgIpc) is 2.28. The van der Waals surface area contributed by atoms with Crippen LogP contribution in [0.5, 0.6) is 0 Å². The number of rotatable bonds is 5. The zero-order valence-corrected chi connectivity index (χ0v) is 12.0. The highest BCUT2D eigenvalue weighted by Crippen LogP contribution is 2.43. The van der Waals surface area contributed by atoms with Crippen molar-refractivity contribution >= 4 is 52.4 Å². The Balaban J connectivity index is 3.05. The van der Waals surface area contributed by atoms with Gasteiger partial charge in [0.15, 0.2) is 0 Å². The monoisotopic (exact) mass is 330 g/mol. The number of aliphatic hydroxyl groups excluding tert-OH is 1. The summed E-state index contributed by atoms with van der Waals surface area (Å²) < 4.78 is 1.08. The molecule has 0 radical (unpaired) electrons. The molecule has 0 aliphatic heterocycles. The molecule has 0 amide bonds. The molecule has 0 aliphatic rings. The van der Waals surface area contributed by atoms with Crippen LogP contribution >= 0.6 is 46.8 Å². The molecule has 1 rings (SSSR count). The number of hydrogen-bond donors (Lipinski definition) is 2. The molecule has 0 heterocycles. The number of nitrogens with one attached hydrogen (secondary N) is 1. The van der Waals surface area contributed by atoms with Crippen molar-refractivity contribution in [1.29, 1.82) is 0 Å². The second-order valence-electron chi connectivity index (χ2n) is 3.16. The molecule has 2 N–H and O–H groups in total. The van der Waals surface area contributed by atoms with Crippen molar-refractivity contribution in [3.8, 4) is 0 Å². The highest BCUT2D eigenvalue weighted by Gasteiger charge is 2.28. The van der Waals surface area contributed by atoms with Crippen molar-refractivity contribution in [2.45, 2.75) is 8.69 Å². The second-order valence-corrected chi connectivity index (χ2v) is 6.37. The van der Waals surface area contributed by atoms with Crippen molar-refractivity contribution in [2.24, 2.45) is 0 Å². The Kier molecular flexibility index (Phi) is 5.97. The zero-order valence-electron chi connectivity index (χ0n) is 8.90. The maximum absolute atomic E-state index is 10.7. The van der Waals surface area contributed by atoms with Gasteiger partial charge < -0.3 is 5.11 Å². The van der Waals surface area contributed by atoms with Crippen LogP contribution in [0.15, 0.2) is 23.1 Å². The van der Waals surface area contributed by atoms with E-state index in [2.05, 4.69) is 4.72 Å². The third kappa shape index (κ3) is 4.46. The van der Waals surface area contributed by atoms with Gasteiger partial charge in [-0.2, -0.15) is 0 Å². The number of nitro groups is 1. The predicted molar refractivity (Wildman–Crippen MR) is 73.3 cm³/mol. The predicted octanol–water partition coefficient (Wildman–Crippen LogP) is 3.01. The van der Waals surface area contributed by atoms with E-state index in [1.807, 2.05) is 0 Å². The molecule has 0 bridgehead atoms. The largest absolute Gasteiger partial charge is 0.395 e. The minimum Gasteiger partial charge on any atom is -0.395 e. The lowest BCUT2D eigenvalue weighted by Gasteiger charge is -2.15. The molecular formula is C9H9Cl3N2O3S. The first kappa shape index (κ1) is 15.8. The van der Waals surface area contributed by atoms with Gasteiger partial charge in [0.25, 0.3) is 5.69 Å². The fourth-order valence-electron chi connectivity index (χ4n) is 1.12. The first-order valence-electron chi connectivity index (χ1n) is 4.72. The third-order valence-electron chi connectivity index (χ3n) is 1.88. The van der Waals surface area contributed by atoms with Crippen LogP contribution in [0.3, 0.4) is 0 Å². The Morgan fingerprint density at radius 3 is 2.61 bits per heavy atom. The topological polar surface area (TPSA) is 75.4 Å². The number of nitrogens with zero attached hydrogens (tertiary/aromatic N) is 1. The number of hydrogen-bond acceptors (Lipinski definition) is 5. The number of alkyl halides is 3. The summed E-state index contributed by atoms with van der Waals surface area (Å²) in [6.45, 7) is 0.310. The summed E-state index contributed by atoms with van der Waals surface area (Å²) in [6, 6.07) is 4.03. The van der Waals surface area contributed by atoms with Crippen LogP contribution in [0.4, 0.5) is 5.69 Å². The SMILES string of the molecule is O=[N+]([O-])c1ccc(SNCCO)c(C(Cl)(Cl)Cl)c1. The summed E-state index contributed by atoms with van der Waals surface area (Å²) in [5.41, 5.74) is 0.0694. The van der Waals surface area contributed by atoms with Gasteiger partial charge >= 0.3 is 0 Å². The fourth-order valence-corrected chi connectivity index (χ4v) is 2.56. The van der Waals surface area contributed by atoms with Gasteiger partial charge in [-0.15, -0.1) is 0 Å². The molecule has 0 fully saturated rings. The van der Waals surface area contributed by atoms with Gasteiger partial charge in [-0.3, -0.25) is 14.8 Å². The number of benzene rings is 1. The molecule has 0 spiro atoms. The molecular weight excluding hydrogens is 323 g/mol. The Hall–Kier alpha value is -0.240. The number of nitro benzene ring substituents is 1. The standard InChI is InChI=1S/C9H9Cl3N2O3S/c10-9(11,12)7-5-6(14(16)17)1-2-8(7)18-13-3-4-15/h1-2,5,13,15H,3-4H2. The van der Waals surface area contributed by atoms with Gasteiger partial charge in [0.1, 0.15) is 0 Å². The van der Waals surface area contributed by atoms with Gasteiger partial charge in [0, 0.05) is 29.1 Å². The van der Waals surface area contributed by atoms with Gasteiger partial charge in [-0.25, -0.2) is 0 Å². The van der Waals surface area contributed by atoms with E-state index < -0.39 is 8.72 Å². The van der Waals surface area contributed by atoms with E-state index in [-0.39, 0.29) is 17.9 Å². The van der Waals surface area contributed by atoms with E-state index in [4.69, 9.17) is 39.9 Å². The van der Waals surface area contributed by atoms with Gasteiger partial charge in [0.05, 0.1) is 11.5 Å². The van der Waals surface area contributed by atoms with Crippen molar-refractivity contribution in [2.75, 3.05) is 13.2 Å². The fraction of sp³-hybridized carbons (Fsp3) is 0.333. The summed E-state index contributed by atoms with van der Waals surface area (Å²) in [5.74, 6) is 0. The first-order chi connectivity index (χ1) is 8.36. The van der Waals surface area contributed by atoms with Gasteiger partial charge in [-0.05, 0) is 18.0 Å². The molecule has 0 saturated heterocycles. The minimum atomic E-state index is -1.75. The molecule has 0 atom stereocenters. The van der Waals surface area contributed by atoms with E-state index >= 15 is 0 Å². The molecule has 1 aromatic carbocycles. The smallest absolute Gasteiger partial charge is 0.269 e. The Bertz CT molecular complexity index is 440. The number of aliphatic hydroxyl groups is 1. The Labute approximate surface area is 123 Å². The average molecular weight is 332 g/mol. The molecule has 0 unspecified atom stereocenters. The lowest BCUT2D eigenvalue weighted by Crippen LogP contribution is -2.11. The van der Waals surface area contributed by atoms with Crippen LogP contribution in [0.1, 0.15) is 5.56 Å². The maximum Gasteiger partial charge on any atom is 0.269 e. The summed E-state index contributed by atoms with van der Waals surface area (Å²) in [7, 11) is 0. The molecule has 1 aromatic rings. The van der Waals surface area contributed by atoms with E-state index in [0.29, 0.717) is 11.4 Å². The molecule has 100 valence electrons. The van der Waals surface area contributed by atoms with Crippen molar-refractivity contribution in [3.63, 3.8) is 0 Å². The van der Waals surface area contributed by atoms with Crippen molar-refractivity contribution in [3.05, 3.63) is 33.9 Å². The molecule has 0 aliphatic carbocycles. The van der Waals surface area contributed by atoms with Crippen LogP contribution in [0.25, 0.3) is 0 Å². The van der Waals surface area contributed by atoms with Crippen LogP contribution < -0.4 is 4.72 Å². The highest BCUT2D eigenvalue weighted by molar-refractivity contribution is 7.97. The Morgan fingerprint density at radius 2 is 2.11 bits per heavy atom. The first-order valence-corrected chi connectivity index (χ1v) is 6.67. The van der Waals surface area contributed by atoms with Crippen LogP contribution in [-0.2, 0) is 3.79 Å². The molecule has 0 aromatic heterocycles. The van der Waals surface area contributed by atoms with Crippen molar-refractivity contribution in [1.82, 2.24) is 4.72 Å². The number of halogens is 3. The Morgan fingerprint density at radius 1 is 1.44 bits per heavy atom. The summed E-state index contributed by atoms with van der Waals surface area (Å²) in [6.07, 6.45) is 0. The van der Waals surface area contributed by atoms with E-state index in [1.165, 1.54) is 18.2 Å². The van der Waals surface area contributed by atoms with E-state index in [9.17, 15) is 10.1 Å². The van der Waals surface area contributed by atoms with Gasteiger partial charge in [-0.1, -0.05) is 34.8 Å². The molecule has 18 heavy (non-hydrogen) atoms. The van der Waals surface area contributed by atoms with Crippen molar-refractivity contribution < 1.29 is 10.0 Å². The quantitative estimate of drug-likeness (QED) is 0.285. The molecule has 0 saturated carbocycles. The maximum atomic E-state index is 10.7. The molecule has 9 heteroatoms. The summed E-state index contributed by atoms with van der Waals surface area (Å²) in [4.78, 5) is 10.7. The van der Waals surface area contributed by atoms with E-state index in [1.54, 1.807) is 0 Å². The lowest BCUT2D eigenvalue weighted by molar-refractivity contribution is -0.385. The minimum absolute atomic E-state index is 0.0386. The summed E-state index contributed by atoms with van der Waals surface area (Å²) >= 11 is 18.4. The molecule has 5 nitrogen and oxygen atoms in total. The van der Waals surface area contributed by atoms with E-state index in [0.717, 1.165) is 11.9 Å². The van der Waals surface area contributed by atoms with Crippen LogP contribution in [0.2, 0.25) is 0 Å². The summed E-state index contributed by atoms with van der Waals surface area (Å²) in [5, 5.41) is 19.3. The van der Waals surface area contributed by atoms with Crippen LogP contribution in [-0.4, -0.2) is 23.2 Å². The normalized spacial score (nSPS) is 11.6. The zero-order chi connectivity index (χ0) is 13.8. The third-order valence-corrected chi connectivity index (χ3v) is 3.41. The highest BCUT2D eigenvalue weighted by atomic mass is 35.6. The van der Waals surface area contributed by atoms with Crippen LogP contribution in [0, 0.1) is 10.1 Å². The van der Waals surface area contributed by atoms with Gasteiger partial charge in [0.2, 0.25) is 3.79 Å².